The van der Waals surface area contributed by atoms with Crippen LogP contribution in [0, 0.1) is 0 Å². The highest BCUT2D eigenvalue weighted by Gasteiger charge is 2.45. The van der Waals surface area contributed by atoms with E-state index in [1.165, 1.54) is 0 Å². The van der Waals surface area contributed by atoms with Gasteiger partial charge in [0.1, 0.15) is 5.75 Å². The lowest BCUT2D eigenvalue weighted by Crippen LogP contribution is -2.57. The molecule has 3 rings (SSSR count). The van der Waals surface area contributed by atoms with E-state index in [1.807, 2.05) is 18.2 Å². The van der Waals surface area contributed by atoms with Gasteiger partial charge in [0.05, 0.1) is 13.2 Å². The van der Waals surface area contributed by atoms with Crippen molar-refractivity contribution in [2.24, 2.45) is 0 Å². The minimum absolute atomic E-state index is 0.0444. The van der Waals surface area contributed by atoms with Crippen molar-refractivity contribution >= 4 is 12.0 Å². The summed E-state index contributed by atoms with van der Waals surface area (Å²) in [6.45, 7) is 3.01. The van der Waals surface area contributed by atoms with Gasteiger partial charge in [-0.15, -0.1) is 0 Å². The number of aliphatic carboxylic acids is 1. The van der Waals surface area contributed by atoms with Crippen molar-refractivity contribution in [2.45, 2.75) is 18.4 Å². The average Bonchev–Trinajstić information content (AvgIpc) is 2.63. The largest absolute Gasteiger partial charge is 0.478 e. The Morgan fingerprint density at radius 1 is 1.00 bits per heavy atom. The van der Waals surface area contributed by atoms with Crippen LogP contribution in [0.4, 0.5) is 4.79 Å². The molecule has 0 radical (unpaired) electrons. The van der Waals surface area contributed by atoms with Crippen LogP contribution in [0.3, 0.4) is 0 Å². The molecule has 2 saturated heterocycles. The fourth-order valence-electron chi connectivity index (χ4n) is 3.09. The van der Waals surface area contributed by atoms with Gasteiger partial charge in [0.15, 0.2) is 0 Å². The summed E-state index contributed by atoms with van der Waals surface area (Å²) in [5, 5.41) is 9.67. The number of para-hydroxylation sites is 1. The Bertz CT molecular complexity index is 578. The summed E-state index contributed by atoms with van der Waals surface area (Å²) in [5.74, 6) is -0.447. The Kier molecular flexibility index (Phi) is 4.89. The van der Waals surface area contributed by atoms with Crippen LogP contribution in [0.25, 0.3) is 0 Å². The predicted octanol–water partition coefficient (Wildman–Crippen LogP) is 1.44. The van der Waals surface area contributed by atoms with Gasteiger partial charge in [0.25, 0.3) is 0 Å². The summed E-state index contributed by atoms with van der Waals surface area (Å²) < 4.78 is 11.1. The maximum atomic E-state index is 12.5. The van der Waals surface area contributed by atoms with Crippen LogP contribution >= 0.6 is 0 Å². The summed E-state index contributed by atoms with van der Waals surface area (Å²) in [4.78, 5) is 27.8. The lowest BCUT2D eigenvalue weighted by atomic mass is 9.91. The molecule has 7 nitrogen and oxygen atoms in total. The third-order valence-corrected chi connectivity index (χ3v) is 4.57. The fourth-order valence-corrected chi connectivity index (χ4v) is 3.09. The first-order valence-electron chi connectivity index (χ1n) is 8.20. The van der Waals surface area contributed by atoms with Crippen molar-refractivity contribution in [3.63, 3.8) is 0 Å². The van der Waals surface area contributed by atoms with Gasteiger partial charge in [-0.1, -0.05) is 18.2 Å². The van der Waals surface area contributed by atoms with E-state index in [2.05, 4.69) is 0 Å². The van der Waals surface area contributed by atoms with Crippen LogP contribution in [-0.2, 0) is 9.53 Å². The highest BCUT2D eigenvalue weighted by Crippen LogP contribution is 2.29. The number of hydrogen-bond acceptors (Lipinski definition) is 4. The number of urea groups is 1. The highest BCUT2D eigenvalue weighted by molar-refractivity contribution is 5.79. The molecule has 0 bridgehead atoms. The zero-order valence-electron chi connectivity index (χ0n) is 13.5. The van der Waals surface area contributed by atoms with Crippen LogP contribution in [0.1, 0.15) is 12.8 Å². The summed E-state index contributed by atoms with van der Waals surface area (Å²) in [7, 11) is 0. The van der Waals surface area contributed by atoms with E-state index in [0.29, 0.717) is 45.1 Å². The monoisotopic (exact) mass is 334 g/mol. The zero-order valence-corrected chi connectivity index (χ0v) is 13.5. The Labute approximate surface area is 140 Å². The second-order valence-electron chi connectivity index (χ2n) is 6.08. The van der Waals surface area contributed by atoms with Gasteiger partial charge in [0, 0.05) is 39.0 Å². The normalized spacial score (nSPS) is 20.5. The van der Waals surface area contributed by atoms with Gasteiger partial charge in [0.2, 0.25) is 5.60 Å². The number of carboxylic acids is 1. The molecule has 1 aromatic rings. The molecule has 24 heavy (non-hydrogen) atoms. The number of ether oxygens (including phenoxy) is 2. The van der Waals surface area contributed by atoms with Crippen molar-refractivity contribution in [1.82, 2.24) is 9.80 Å². The molecule has 0 aliphatic carbocycles. The third-order valence-electron chi connectivity index (χ3n) is 4.57. The molecular weight excluding hydrogens is 312 g/mol. The Hall–Kier alpha value is -2.28. The van der Waals surface area contributed by atoms with Crippen LogP contribution < -0.4 is 4.74 Å². The molecule has 0 atom stereocenters. The number of piperidine rings is 1. The van der Waals surface area contributed by atoms with E-state index in [-0.39, 0.29) is 18.9 Å². The number of morpholine rings is 1. The third kappa shape index (κ3) is 3.46. The minimum Gasteiger partial charge on any atom is -0.478 e. The first-order chi connectivity index (χ1) is 11.6. The first-order valence-corrected chi connectivity index (χ1v) is 8.20. The van der Waals surface area contributed by atoms with Gasteiger partial charge in [-0.05, 0) is 12.1 Å². The number of carbonyl (C=O) groups is 2. The predicted molar refractivity (Wildman–Crippen MR) is 86.0 cm³/mol. The number of carboxylic acid groups (broad SMARTS) is 1. The number of rotatable bonds is 3. The van der Waals surface area contributed by atoms with Crippen molar-refractivity contribution in [2.75, 3.05) is 39.4 Å². The van der Waals surface area contributed by atoms with Gasteiger partial charge in [-0.25, -0.2) is 9.59 Å². The highest BCUT2D eigenvalue weighted by atomic mass is 16.5. The molecule has 2 heterocycles. The zero-order chi connectivity index (χ0) is 17.0. The number of hydrogen-bond donors (Lipinski definition) is 1. The second kappa shape index (κ2) is 7.09. The molecule has 0 unspecified atom stereocenters. The van der Waals surface area contributed by atoms with Crippen molar-refractivity contribution in [3.8, 4) is 5.75 Å². The summed E-state index contributed by atoms with van der Waals surface area (Å²) in [6, 6.07) is 8.91. The topological polar surface area (TPSA) is 79.3 Å². The minimum atomic E-state index is -1.27. The number of amides is 2. The number of carbonyl (C=O) groups excluding carboxylic acids is 1. The quantitative estimate of drug-likeness (QED) is 0.905. The molecule has 2 fully saturated rings. The first kappa shape index (κ1) is 16.6. The summed E-state index contributed by atoms with van der Waals surface area (Å²) >= 11 is 0. The van der Waals surface area contributed by atoms with Crippen LogP contribution in [0.15, 0.2) is 30.3 Å². The van der Waals surface area contributed by atoms with Crippen molar-refractivity contribution < 1.29 is 24.2 Å². The van der Waals surface area contributed by atoms with Gasteiger partial charge < -0.3 is 24.4 Å². The van der Waals surface area contributed by atoms with Gasteiger partial charge in [-0.3, -0.25) is 0 Å². The standard InChI is InChI=1S/C17H22N2O5/c20-15(21)17(24-14-4-2-1-3-5-14)6-8-18(9-7-17)16(22)19-10-12-23-13-11-19/h1-5H,6-13H2,(H,20,21). The van der Waals surface area contributed by atoms with E-state index in [0.717, 1.165) is 0 Å². The molecule has 2 aliphatic rings. The Morgan fingerprint density at radius 2 is 1.58 bits per heavy atom. The van der Waals surface area contributed by atoms with E-state index in [1.54, 1.807) is 21.9 Å². The Morgan fingerprint density at radius 3 is 2.17 bits per heavy atom. The molecule has 7 heteroatoms. The van der Waals surface area contributed by atoms with Gasteiger partial charge >= 0.3 is 12.0 Å². The smallest absolute Gasteiger partial charge is 0.348 e. The molecule has 1 N–H and O–H groups in total. The second-order valence-corrected chi connectivity index (χ2v) is 6.08. The molecule has 0 aromatic heterocycles. The van der Waals surface area contributed by atoms with Crippen LogP contribution in [0.2, 0.25) is 0 Å². The molecule has 0 spiro atoms. The number of nitrogens with zero attached hydrogens (tertiary/aromatic N) is 2. The molecule has 2 amide bonds. The molecule has 2 aliphatic heterocycles. The SMILES string of the molecule is O=C(N1CCOCC1)N1CCC(Oc2ccccc2)(C(=O)O)CC1. The Balaban J connectivity index is 1.64. The number of benzene rings is 1. The molecule has 0 saturated carbocycles. The molecular formula is C17H22N2O5. The van der Waals surface area contributed by atoms with E-state index in [4.69, 9.17) is 9.47 Å². The average molecular weight is 334 g/mol. The van der Waals surface area contributed by atoms with E-state index < -0.39 is 11.6 Å². The molecule has 130 valence electrons. The van der Waals surface area contributed by atoms with E-state index in [9.17, 15) is 14.7 Å². The van der Waals surface area contributed by atoms with Crippen LogP contribution in [0.5, 0.6) is 5.75 Å². The van der Waals surface area contributed by atoms with Gasteiger partial charge in [-0.2, -0.15) is 0 Å². The van der Waals surface area contributed by atoms with Crippen molar-refractivity contribution in [1.29, 1.82) is 0 Å². The van der Waals surface area contributed by atoms with Crippen LogP contribution in [-0.4, -0.2) is 71.9 Å². The number of likely N-dealkylation sites (tertiary alicyclic amines) is 1. The van der Waals surface area contributed by atoms with E-state index >= 15 is 0 Å². The lowest BCUT2D eigenvalue weighted by Gasteiger charge is -2.41. The maximum Gasteiger partial charge on any atom is 0.348 e. The lowest BCUT2D eigenvalue weighted by molar-refractivity contribution is -0.159. The summed E-state index contributed by atoms with van der Waals surface area (Å²) in [5.41, 5.74) is -1.27. The molecule has 1 aromatic carbocycles. The van der Waals surface area contributed by atoms with Crippen molar-refractivity contribution in [3.05, 3.63) is 30.3 Å². The maximum absolute atomic E-state index is 12.5. The summed E-state index contributed by atoms with van der Waals surface area (Å²) in [6.07, 6.45) is 0.542. The fraction of sp³-hybridized carbons (Fsp3) is 0.529.